The molecular weight excluding hydrogens is 273 g/mol. The van der Waals surface area contributed by atoms with E-state index in [1.807, 2.05) is 6.92 Å². The molecule has 0 radical (unpaired) electrons. The van der Waals surface area contributed by atoms with Crippen molar-refractivity contribution in [3.8, 4) is 0 Å². The first-order chi connectivity index (χ1) is 8.49. The fraction of sp³-hybridized carbons (Fsp3) is 0.250. The Morgan fingerprint density at radius 2 is 2.22 bits per heavy atom. The van der Waals surface area contributed by atoms with Gasteiger partial charge in [-0.2, -0.15) is 5.10 Å². The highest BCUT2D eigenvalue weighted by Crippen LogP contribution is 2.30. The average Bonchev–Trinajstić information content (AvgIpc) is 2.53. The van der Waals surface area contributed by atoms with Gasteiger partial charge >= 0.3 is 0 Å². The molecule has 0 aliphatic carbocycles. The number of nitrogen functional groups attached to an aromatic ring is 1. The summed E-state index contributed by atoms with van der Waals surface area (Å²) in [6.07, 6.45) is 0. The van der Waals surface area contributed by atoms with E-state index in [-0.39, 0.29) is 5.82 Å². The van der Waals surface area contributed by atoms with E-state index in [4.69, 9.17) is 17.3 Å². The van der Waals surface area contributed by atoms with Crippen molar-refractivity contribution in [2.45, 2.75) is 17.6 Å². The van der Waals surface area contributed by atoms with Gasteiger partial charge in [0.05, 0.1) is 5.69 Å². The molecule has 0 aliphatic rings. The number of anilines is 1. The molecule has 1 aromatic heterocycles. The summed E-state index contributed by atoms with van der Waals surface area (Å²) in [5.74, 6) is 0.275. The van der Waals surface area contributed by atoms with Crippen molar-refractivity contribution in [1.82, 2.24) is 9.78 Å². The van der Waals surface area contributed by atoms with Gasteiger partial charge in [-0.1, -0.05) is 11.6 Å². The summed E-state index contributed by atoms with van der Waals surface area (Å²) in [5, 5.41) is 4.81. The Morgan fingerprint density at radius 3 is 2.78 bits per heavy atom. The van der Waals surface area contributed by atoms with E-state index in [9.17, 15) is 4.39 Å². The van der Waals surface area contributed by atoms with Gasteiger partial charge in [-0.25, -0.2) is 4.39 Å². The Morgan fingerprint density at radius 1 is 1.50 bits per heavy atom. The molecule has 0 bridgehead atoms. The maximum atomic E-state index is 13.6. The summed E-state index contributed by atoms with van der Waals surface area (Å²) in [5.41, 5.74) is 7.72. The number of nitrogens with zero attached hydrogens (tertiary/aromatic N) is 2. The second kappa shape index (κ2) is 5.20. The highest BCUT2D eigenvalue weighted by molar-refractivity contribution is 7.98. The molecule has 0 atom stereocenters. The first kappa shape index (κ1) is 13.2. The summed E-state index contributed by atoms with van der Waals surface area (Å²) in [7, 11) is 1.79. The van der Waals surface area contributed by atoms with Crippen LogP contribution in [-0.2, 0) is 12.8 Å². The largest absolute Gasteiger partial charge is 0.399 e. The second-order valence-electron chi connectivity index (χ2n) is 3.96. The summed E-state index contributed by atoms with van der Waals surface area (Å²) in [6, 6.07) is 4.68. The van der Waals surface area contributed by atoms with Gasteiger partial charge in [0.15, 0.2) is 0 Å². The van der Waals surface area contributed by atoms with E-state index in [1.165, 1.54) is 17.8 Å². The van der Waals surface area contributed by atoms with E-state index in [1.54, 1.807) is 23.9 Å². The van der Waals surface area contributed by atoms with Gasteiger partial charge < -0.3 is 5.73 Å². The van der Waals surface area contributed by atoms with Gasteiger partial charge in [0, 0.05) is 28.9 Å². The van der Waals surface area contributed by atoms with Gasteiger partial charge in [0.2, 0.25) is 0 Å². The first-order valence-corrected chi connectivity index (χ1v) is 6.71. The zero-order valence-corrected chi connectivity index (χ0v) is 11.6. The van der Waals surface area contributed by atoms with Crippen molar-refractivity contribution in [1.29, 1.82) is 0 Å². The Hall–Kier alpha value is -1.20. The van der Waals surface area contributed by atoms with Crippen LogP contribution in [-0.4, -0.2) is 9.78 Å². The third kappa shape index (κ3) is 2.62. The quantitative estimate of drug-likeness (QED) is 0.694. The van der Waals surface area contributed by atoms with Crippen LogP contribution >= 0.6 is 23.4 Å². The van der Waals surface area contributed by atoms with E-state index >= 15 is 0 Å². The normalized spacial score (nSPS) is 10.9. The van der Waals surface area contributed by atoms with Crippen molar-refractivity contribution in [2.24, 2.45) is 7.05 Å². The van der Waals surface area contributed by atoms with Crippen LogP contribution in [0.5, 0.6) is 0 Å². The zero-order chi connectivity index (χ0) is 13.3. The summed E-state index contributed by atoms with van der Waals surface area (Å²) < 4.78 is 15.2. The number of aryl methyl sites for hydroxylation is 2. The summed E-state index contributed by atoms with van der Waals surface area (Å²) in [4.78, 5) is 0.559. The fourth-order valence-electron chi connectivity index (χ4n) is 1.62. The lowest BCUT2D eigenvalue weighted by Gasteiger charge is -2.04. The van der Waals surface area contributed by atoms with Crippen molar-refractivity contribution >= 4 is 29.1 Å². The van der Waals surface area contributed by atoms with E-state index in [2.05, 4.69) is 5.10 Å². The maximum Gasteiger partial charge on any atom is 0.138 e. The van der Waals surface area contributed by atoms with Gasteiger partial charge in [-0.05, 0) is 25.1 Å². The molecule has 0 saturated carbocycles. The van der Waals surface area contributed by atoms with Gasteiger partial charge in [0.25, 0.3) is 0 Å². The van der Waals surface area contributed by atoms with Gasteiger partial charge in [0.1, 0.15) is 11.0 Å². The van der Waals surface area contributed by atoms with Crippen molar-refractivity contribution < 1.29 is 4.39 Å². The van der Waals surface area contributed by atoms with Crippen LogP contribution in [0.15, 0.2) is 23.1 Å². The number of thioether (sulfide) groups is 1. The lowest BCUT2D eigenvalue weighted by Crippen LogP contribution is -1.90. The molecule has 0 fully saturated rings. The third-order valence-corrected chi connectivity index (χ3v) is 4.15. The Balaban J connectivity index is 2.16. The fourth-order valence-corrected chi connectivity index (χ4v) is 2.95. The van der Waals surface area contributed by atoms with Crippen molar-refractivity contribution in [3.63, 3.8) is 0 Å². The van der Waals surface area contributed by atoms with Crippen LogP contribution in [0, 0.1) is 12.7 Å². The SMILES string of the molecule is Cc1nn(C)c(Cl)c1CSc1ccc(N)cc1F. The lowest BCUT2D eigenvalue weighted by atomic mass is 10.3. The standard InChI is InChI=1S/C12H13ClFN3S/c1-7-9(12(13)17(2)16-7)6-18-11-4-3-8(15)5-10(11)14/h3-5H,6,15H2,1-2H3. The first-order valence-electron chi connectivity index (χ1n) is 5.35. The molecule has 2 rings (SSSR count). The van der Waals surface area contributed by atoms with Crippen LogP contribution in [0.1, 0.15) is 11.3 Å². The molecule has 3 nitrogen and oxygen atoms in total. The second-order valence-corrected chi connectivity index (χ2v) is 5.33. The van der Waals surface area contributed by atoms with Crippen LogP contribution in [0.4, 0.5) is 10.1 Å². The van der Waals surface area contributed by atoms with E-state index in [0.29, 0.717) is 21.5 Å². The van der Waals surface area contributed by atoms with E-state index in [0.717, 1.165) is 11.3 Å². The number of hydrogen-bond acceptors (Lipinski definition) is 3. The van der Waals surface area contributed by atoms with Gasteiger partial charge in [-0.15, -0.1) is 11.8 Å². The van der Waals surface area contributed by atoms with Crippen LogP contribution in [0.2, 0.25) is 5.15 Å². The number of rotatable bonds is 3. The molecule has 6 heteroatoms. The number of nitrogens with two attached hydrogens (primary N) is 1. The van der Waals surface area contributed by atoms with Gasteiger partial charge in [-0.3, -0.25) is 4.68 Å². The summed E-state index contributed by atoms with van der Waals surface area (Å²) in [6.45, 7) is 1.89. The molecule has 0 unspecified atom stereocenters. The Bertz CT molecular complexity index is 583. The lowest BCUT2D eigenvalue weighted by molar-refractivity contribution is 0.603. The van der Waals surface area contributed by atoms with Crippen molar-refractivity contribution in [2.75, 3.05) is 5.73 Å². The minimum Gasteiger partial charge on any atom is -0.399 e. The van der Waals surface area contributed by atoms with E-state index < -0.39 is 0 Å². The smallest absolute Gasteiger partial charge is 0.138 e. The predicted octanol–water partition coefficient (Wildman–Crippen LogP) is 3.40. The third-order valence-electron chi connectivity index (χ3n) is 2.60. The molecule has 0 aliphatic heterocycles. The maximum absolute atomic E-state index is 13.6. The number of halogens is 2. The molecule has 0 spiro atoms. The van der Waals surface area contributed by atoms with Crippen LogP contribution < -0.4 is 5.73 Å². The molecule has 2 N–H and O–H groups in total. The van der Waals surface area contributed by atoms with Crippen molar-refractivity contribution in [3.05, 3.63) is 40.4 Å². The molecule has 96 valence electrons. The Labute approximate surface area is 114 Å². The molecular formula is C12H13ClFN3S. The van der Waals surface area contributed by atoms with Crippen LogP contribution in [0.3, 0.4) is 0 Å². The molecule has 0 saturated heterocycles. The van der Waals surface area contributed by atoms with Crippen LogP contribution in [0.25, 0.3) is 0 Å². The number of aromatic nitrogens is 2. The highest BCUT2D eigenvalue weighted by atomic mass is 35.5. The Kier molecular flexibility index (Phi) is 3.82. The number of benzene rings is 1. The minimum absolute atomic E-state index is 0.308. The predicted molar refractivity (Wildman–Crippen MR) is 73.3 cm³/mol. The molecule has 1 heterocycles. The topological polar surface area (TPSA) is 43.8 Å². The number of hydrogen-bond donors (Lipinski definition) is 1. The average molecular weight is 286 g/mol. The molecule has 2 aromatic rings. The molecule has 18 heavy (non-hydrogen) atoms. The molecule has 0 amide bonds. The summed E-state index contributed by atoms with van der Waals surface area (Å²) >= 11 is 7.50. The monoisotopic (exact) mass is 285 g/mol. The zero-order valence-electron chi connectivity index (χ0n) is 10.1. The minimum atomic E-state index is -0.308. The molecule has 1 aromatic carbocycles. The highest BCUT2D eigenvalue weighted by Gasteiger charge is 2.12.